The summed E-state index contributed by atoms with van der Waals surface area (Å²) in [5.74, 6) is 2.15. The fourth-order valence-corrected chi connectivity index (χ4v) is 3.51. The van der Waals surface area contributed by atoms with Gasteiger partial charge in [0.2, 0.25) is 0 Å². The summed E-state index contributed by atoms with van der Waals surface area (Å²) in [4.78, 5) is 6.92. The van der Waals surface area contributed by atoms with E-state index < -0.39 is 0 Å². The van der Waals surface area contributed by atoms with Crippen molar-refractivity contribution in [1.82, 2.24) is 15.5 Å². The third kappa shape index (κ3) is 8.17. The smallest absolute Gasteiger partial charge is 0.191 e. The highest BCUT2D eigenvalue weighted by Gasteiger charge is 2.20. The number of hydrogen-bond donors (Lipinski definition) is 2. The minimum atomic E-state index is 0. The van der Waals surface area contributed by atoms with E-state index in [2.05, 4.69) is 58.0 Å². The van der Waals surface area contributed by atoms with Gasteiger partial charge in [0, 0.05) is 39.3 Å². The first-order valence-electron chi connectivity index (χ1n) is 8.96. The van der Waals surface area contributed by atoms with Crippen molar-refractivity contribution in [2.45, 2.75) is 38.8 Å². The Hall–Kier alpha value is -0.470. The van der Waals surface area contributed by atoms with Gasteiger partial charge in [0.05, 0.1) is 0 Å². The summed E-state index contributed by atoms with van der Waals surface area (Å²) in [6.45, 7) is 6.56. The Morgan fingerprint density at radius 2 is 2.00 bits per heavy atom. The van der Waals surface area contributed by atoms with E-state index in [1.165, 1.54) is 36.1 Å². The standard InChI is InChI=1S/C19H32N4S.HI/c1-16-7-4-5-8-17(16)15-23-12-9-18(10-13-23)22-19(20-2)21-11-6-14-24-3;/h4-5,7-8,18H,6,9-15H2,1-3H3,(H2,20,21,22);1H. The zero-order valence-corrected chi connectivity index (χ0v) is 18.9. The number of guanidine groups is 1. The molecular formula is C19H33IN4S. The molecule has 6 heteroatoms. The number of aryl methyl sites for hydroxylation is 1. The quantitative estimate of drug-likeness (QED) is 0.274. The van der Waals surface area contributed by atoms with Crippen LogP contribution in [0.15, 0.2) is 29.3 Å². The third-order valence-corrected chi connectivity index (χ3v) is 5.32. The van der Waals surface area contributed by atoms with Gasteiger partial charge in [0.25, 0.3) is 0 Å². The van der Waals surface area contributed by atoms with Crippen LogP contribution in [-0.2, 0) is 6.54 Å². The molecule has 0 radical (unpaired) electrons. The molecule has 1 fully saturated rings. The van der Waals surface area contributed by atoms with Crippen LogP contribution in [-0.4, -0.2) is 55.6 Å². The summed E-state index contributed by atoms with van der Waals surface area (Å²) >= 11 is 1.89. The van der Waals surface area contributed by atoms with E-state index >= 15 is 0 Å². The predicted octanol–water partition coefficient (Wildman–Crippen LogP) is 3.50. The molecule has 0 amide bonds. The molecule has 1 aromatic rings. The van der Waals surface area contributed by atoms with Gasteiger partial charge in [-0.25, -0.2) is 0 Å². The lowest BCUT2D eigenvalue weighted by atomic mass is 10.0. The number of nitrogens with one attached hydrogen (secondary N) is 2. The Balaban J connectivity index is 0.00000312. The van der Waals surface area contributed by atoms with E-state index in [0.29, 0.717) is 6.04 Å². The van der Waals surface area contributed by atoms with Crippen molar-refractivity contribution >= 4 is 41.7 Å². The van der Waals surface area contributed by atoms with Crippen LogP contribution >= 0.6 is 35.7 Å². The maximum Gasteiger partial charge on any atom is 0.191 e. The van der Waals surface area contributed by atoms with Gasteiger partial charge in [-0.05, 0) is 49.3 Å². The summed E-state index contributed by atoms with van der Waals surface area (Å²) in [7, 11) is 1.86. The van der Waals surface area contributed by atoms with E-state index in [9.17, 15) is 0 Å². The Bertz CT molecular complexity index is 516. The highest BCUT2D eigenvalue weighted by Crippen LogP contribution is 2.16. The largest absolute Gasteiger partial charge is 0.356 e. The Morgan fingerprint density at radius 1 is 1.28 bits per heavy atom. The molecule has 0 unspecified atom stereocenters. The minimum absolute atomic E-state index is 0. The normalized spacial score (nSPS) is 16.4. The Labute approximate surface area is 174 Å². The number of thioether (sulfide) groups is 1. The van der Waals surface area contributed by atoms with E-state index in [0.717, 1.165) is 32.1 Å². The van der Waals surface area contributed by atoms with Gasteiger partial charge >= 0.3 is 0 Å². The van der Waals surface area contributed by atoms with Gasteiger partial charge in [-0.3, -0.25) is 9.89 Å². The number of rotatable bonds is 7. The molecule has 142 valence electrons. The first-order valence-corrected chi connectivity index (χ1v) is 10.3. The number of aliphatic imine (C=N–C) groups is 1. The SMILES string of the molecule is CN=C(NCCCSC)NC1CCN(Cc2ccccc2C)CC1.I. The Kier molecular flexibility index (Phi) is 11.6. The van der Waals surface area contributed by atoms with Crippen molar-refractivity contribution in [2.75, 3.05) is 38.7 Å². The lowest BCUT2D eigenvalue weighted by Gasteiger charge is -2.33. The summed E-state index contributed by atoms with van der Waals surface area (Å²) < 4.78 is 0. The molecule has 0 atom stereocenters. The van der Waals surface area contributed by atoms with E-state index in [-0.39, 0.29) is 24.0 Å². The van der Waals surface area contributed by atoms with Crippen molar-refractivity contribution in [2.24, 2.45) is 4.99 Å². The van der Waals surface area contributed by atoms with E-state index in [1.807, 2.05) is 18.8 Å². The van der Waals surface area contributed by atoms with Crippen LogP contribution in [0.1, 0.15) is 30.4 Å². The molecule has 1 heterocycles. The average Bonchev–Trinajstić information content (AvgIpc) is 2.61. The zero-order valence-electron chi connectivity index (χ0n) is 15.8. The monoisotopic (exact) mass is 476 g/mol. The molecule has 0 aromatic heterocycles. The van der Waals surface area contributed by atoms with Crippen molar-refractivity contribution < 1.29 is 0 Å². The highest BCUT2D eigenvalue weighted by atomic mass is 127. The summed E-state index contributed by atoms with van der Waals surface area (Å²) in [5, 5.41) is 7.01. The van der Waals surface area contributed by atoms with Crippen molar-refractivity contribution in [1.29, 1.82) is 0 Å². The Morgan fingerprint density at radius 3 is 2.64 bits per heavy atom. The second kappa shape index (κ2) is 12.8. The summed E-state index contributed by atoms with van der Waals surface area (Å²) in [5.41, 5.74) is 2.85. The molecule has 0 aliphatic carbocycles. The first kappa shape index (κ1) is 22.6. The van der Waals surface area contributed by atoms with Crippen LogP contribution in [0.3, 0.4) is 0 Å². The maximum absolute atomic E-state index is 4.35. The number of halogens is 1. The fourth-order valence-electron chi connectivity index (χ4n) is 3.08. The average molecular weight is 476 g/mol. The number of benzene rings is 1. The number of hydrogen-bond acceptors (Lipinski definition) is 3. The van der Waals surface area contributed by atoms with Crippen LogP contribution < -0.4 is 10.6 Å². The van der Waals surface area contributed by atoms with Gasteiger partial charge in [0.1, 0.15) is 0 Å². The maximum atomic E-state index is 4.35. The van der Waals surface area contributed by atoms with E-state index in [4.69, 9.17) is 0 Å². The second-order valence-electron chi connectivity index (χ2n) is 6.47. The molecule has 0 bridgehead atoms. The molecule has 2 N–H and O–H groups in total. The molecule has 4 nitrogen and oxygen atoms in total. The zero-order chi connectivity index (χ0) is 17.2. The molecule has 1 aliphatic rings. The van der Waals surface area contributed by atoms with E-state index in [1.54, 1.807) is 0 Å². The van der Waals surface area contributed by atoms with Gasteiger partial charge in [-0.2, -0.15) is 11.8 Å². The van der Waals surface area contributed by atoms with Gasteiger partial charge < -0.3 is 10.6 Å². The number of nitrogens with zero attached hydrogens (tertiary/aromatic N) is 2. The van der Waals surface area contributed by atoms with Crippen molar-refractivity contribution in [3.63, 3.8) is 0 Å². The molecular weight excluding hydrogens is 443 g/mol. The van der Waals surface area contributed by atoms with Gasteiger partial charge in [-0.1, -0.05) is 24.3 Å². The summed E-state index contributed by atoms with van der Waals surface area (Å²) in [6, 6.07) is 9.25. The van der Waals surface area contributed by atoms with Gasteiger partial charge in [0.15, 0.2) is 5.96 Å². The molecule has 2 rings (SSSR count). The van der Waals surface area contributed by atoms with Crippen LogP contribution in [0, 0.1) is 6.92 Å². The number of likely N-dealkylation sites (tertiary alicyclic amines) is 1. The van der Waals surface area contributed by atoms with Crippen LogP contribution in [0.2, 0.25) is 0 Å². The molecule has 0 spiro atoms. The number of piperidine rings is 1. The first-order chi connectivity index (χ1) is 11.7. The summed E-state index contributed by atoms with van der Waals surface area (Å²) in [6.07, 6.45) is 5.68. The van der Waals surface area contributed by atoms with Crippen LogP contribution in [0.4, 0.5) is 0 Å². The highest BCUT2D eigenvalue weighted by molar-refractivity contribution is 14.0. The van der Waals surface area contributed by atoms with Crippen LogP contribution in [0.25, 0.3) is 0 Å². The molecule has 0 saturated carbocycles. The fraction of sp³-hybridized carbons (Fsp3) is 0.632. The lowest BCUT2D eigenvalue weighted by Crippen LogP contribution is -2.48. The third-order valence-electron chi connectivity index (χ3n) is 4.62. The predicted molar refractivity (Wildman–Crippen MR) is 122 cm³/mol. The lowest BCUT2D eigenvalue weighted by molar-refractivity contribution is 0.198. The van der Waals surface area contributed by atoms with Gasteiger partial charge in [-0.15, -0.1) is 24.0 Å². The second-order valence-corrected chi connectivity index (χ2v) is 7.45. The topological polar surface area (TPSA) is 39.7 Å². The molecule has 1 saturated heterocycles. The van der Waals surface area contributed by atoms with Crippen molar-refractivity contribution in [3.8, 4) is 0 Å². The molecule has 1 aromatic carbocycles. The minimum Gasteiger partial charge on any atom is -0.356 e. The van der Waals surface area contributed by atoms with Crippen LogP contribution in [0.5, 0.6) is 0 Å². The molecule has 1 aliphatic heterocycles. The van der Waals surface area contributed by atoms with Crippen molar-refractivity contribution in [3.05, 3.63) is 35.4 Å². The molecule has 25 heavy (non-hydrogen) atoms.